The Morgan fingerprint density at radius 1 is 1.00 bits per heavy atom. The number of rotatable bonds is 3. The van der Waals surface area contributed by atoms with Crippen molar-refractivity contribution in [2.45, 2.75) is 45.1 Å². The van der Waals surface area contributed by atoms with Gasteiger partial charge in [-0.15, -0.1) is 0 Å². The van der Waals surface area contributed by atoms with E-state index in [1.807, 2.05) is 0 Å². The van der Waals surface area contributed by atoms with Gasteiger partial charge in [-0.1, -0.05) is 19.3 Å². The van der Waals surface area contributed by atoms with E-state index in [-0.39, 0.29) is 25.2 Å². The van der Waals surface area contributed by atoms with Crippen LogP contribution in [-0.4, -0.2) is 46.4 Å². The summed E-state index contributed by atoms with van der Waals surface area (Å²) >= 11 is 0. The predicted molar refractivity (Wildman–Crippen MR) is 58.5 cm³/mol. The summed E-state index contributed by atoms with van der Waals surface area (Å²) in [4.78, 5) is 0. The largest absolute Gasteiger partial charge is 0.396 e. The summed E-state index contributed by atoms with van der Waals surface area (Å²) in [6.07, 6.45) is 5.04. The fraction of sp³-hybridized carbons (Fsp3) is 1.00. The van der Waals surface area contributed by atoms with Crippen LogP contribution in [0.1, 0.15) is 39.0 Å². The molecule has 1 aliphatic rings. The molecule has 1 atom stereocenters. The van der Waals surface area contributed by atoms with Gasteiger partial charge < -0.3 is 20.4 Å². The van der Waals surface area contributed by atoms with Crippen molar-refractivity contribution in [1.82, 2.24) is 0 Å². The lowest BCUT2D eigenvalue weighted by Crippen LogP contribution is -2.31. The summed E-state index contributed by atoms with van der Waals surface area (Å²) in [7, 11) is 0. The van der Waals surface area contributed by atoms with E-state index in [4.69, 9.17) is 20.4 Å². The minimum atomic E-state index is -0.560. The van der Waals surface area contributed by atoms with E-state index in [1.54, 1.807) is 0 Å². The van der Waals surface area contributed by atoms with Crippen LogP contribution in [0.15, 0.2) is 0 Å². The highest BCUT2D eigenvalue weighted by Crippen LogP contribution is 2.34. The first-order chi connectivity index (χ1) is 7.10. The maximum Gasteiger partial charge on any atom is 0.0742 e. The van der Waals surface area contributed by atoms with Gasteiger partial charge in [-0.3, -0.25) is 0 Å². The lowest BCUT2D eigenvalue weighted by molar-refractivity contribution is 0.0234. The molecule has 1 rings (SSSR count). The van der Waals surface area contributed by atoms with E-state index in [9.17, 15) is 0 Å². The molecular weight excluding hydrogens is 196 g/mol. The Balaban J connectivity index is 0.000000336. The summed E-state index contributed by atoms with van der Waals surface area (Å²) < 4.78 is 0. The number of aliphatic hydroxyl groups excluding tert-OH is 4. The highest BCUT2D eigenvalue weighted by atomic mass is 16.3. The third-order valence-corrected chi connectivity index (χ3v) is 2.85. The van der Waals surface area contributed by atoms with Crippen molar-refractivity contribution < 1.29 is 20.4 Å². The third-order valence-electron chi connectivity index (χ3n) is 2.85. The zero-order chi connectivity index (χ0) is 11.7. The lowest BCUT2D eigenvalue weighted by Gasteiger charge is -2.33. The normalized spacial score (nSPS) is 21.4. The SMILES string of the molecule is CC(O)CO.OCC1(CO)CCCCC1. The topological polar surface area (TPSA) is 80.9 Å². The molecule has 1 fully saturated rings. The first kappa shape index (κ1) is 14.8. The van der Waals surface area contributed by atoms with Gasteiger partial charge in [0, 0.05) is 5.41 Å². The van der Waals surface area contributed by atoms with Crippen LogP contribution < -0.4 is 0 Å². The molecule has 4 heteroatoms. The standard InChI is InChI=1S/C8H16O2.C3H8O2/c9-6-8(7-10)4-2-1-3-5-8;1-3(5)2-4/h9-10H,1-7H2;3-5H,2H2,1H3. The van der Waals surface area contributed by atoms with Gasteiger partial charge in [-0.05, 0) is 19.8 Å². The Hall–Kier alpha value is -0.160. The zero-order valence-corrected chi connectivity index (χ0v) is 9.52. The van der Waals surface area contributed by atoms with E-state index in [0.717, 1.165) is 12.8 Å². The van der Waals surface area contributed by atoms with Crippen molar-refractivity contribution >= 4 is 0 Å². The number of hydrogen-bond donors (Lipinski definition) is 4. The van der Waals surface area contributed by atoms with Crippen LogP contribution >= 0.6 is 0 Å². The fourth-order valence-electron chi connectivity index (χ4n) is 1.67. The van der Waals surface area contributed by atoms with E-state index < -0.39 is 6.10 Å². The second-order valence-electron chi connectivity index (χ2n) is 4.41. The van der Waals surface area contributed by atoms with Gasteiger partial charge in [0.25, 0.3) is 0 Å². The van der Waals surface area contributed by atoms with Crippen molar-refractivity contribution in [2.24, 2.45) is 5.41 Å². The maximum atomic E-state index is 8.98. The number of hydrogen-bond acceptors (Lipinski definition) is 4. The van der Waals surface area contributed by atoms with E-state index >= 15 is 0 Å². The van der Waals surface area contributed by atoms with Gasteiger partial charge in [0.15, 0.2) is 0 Å². The molecule has 0 amide bonds. The molecule has 1 saturated carbocycles. The van der Waals surface area contributed by atoms with Gasteiger partial charge in [-0.25, -0.2) is 0 Å². The molecular formula is C11H24O4. The van der Waals surface area contributed by atoms with Crippen molar-refractivity contribution in [3.63, 3.8) is 0 Å². The molecule has 0 aliphatic heterocycles. The molecule has 4 N–H and O–H groups in total. The predicted octanol–water partition coefficient (Wildman–Crippen LogP) is 0.281. The molecule has 0 bridgehead atoms. The van der Waals surface area contributed by atoms with Crippen LogP contribution in [0, 0.1) is 5.41 Å². The Labute approximate surface area is 91.6 Å². The van der Waals surface area contributed by atoms with Crippen LogP contribution in [0.3, 0.4) is 0 Å². The van der Waals surface area contributed by atoms with Crippen molar-refractivity contribution in [2.75, 3.05) is 19.8 Å². The molecule has 0 aromatic rings. The molecule has 0 heterocycles. The average molecular weight is 220 g/mol. The molecule has 0 radical (unpaired) electrons. The molecule has 0 spiro atoms. The molecule has 0 saturated heterocycles. The third kappa shape index (κ3) is 6.10. The summed E-state index contributed by atoms with van der Waals surface area (Å²) in [5.41, 5.74) is -0.127. The van der Waals surface area contributed by atoms with Gasteiger partial charge in [0.1, 0.15) is 0 Å². The van der Waals surface area contributed by atoms with E-state index in [1.165, 1.54) is 26.2 Å². The zero-order valence-electron chi connectivity index (χ0n) is 9.52. The Morgan fingerprint density at radius 2 is 1.40 bits per heavy atom. The molecule has 15 heavy (non-hydrogen) atoms. The molecule has 0 aromatic carbocycles. The highest BCUT2D eigenvalue weighted by Gasteiger charge is 2.30. The minimum absolute atomic E-state index is 0.127. The monoisotopic (exact) mass is 220 g/mol. The van der Waals surface area contributed by atoms with E-state index in [2.05, 4.69) is 0 Å². The van der Waals surface area contributed by atoms with Gasteiger partial charge in [0.05, 0.1) is 25.9 Å². The van der Waals surface area contributed by atoms with Crippen molar-refractivity contribution in [3.05, 3.63) is 0 Å². The highest BCUT2D eigenvalue weighted by molar-refractivity contribution is 4.80. The summed E-state index contributed by atoms with van der Waals surface area (Å²) in [5, 5.41) is 34.0. The van der Waals surface area contributed by atoms with Crippen LogP contribution in [0.2, 0.25) is 0 Å². The first-order valence-electron chi connectivity index (χ1n) is 5.61. The van der Waals surface area contributed by atoms with Crippen molar-refractivity contribution in [1.29, 1.82) is 0 Å². The Kier molecular flexibility index (Phi) is 7.96. The van der Waals surface area contributed by atoms with Crippen LogP contribution in [0.4, 0.5) is 0 Å². The smallest absolute Gasteiger partial charge is 0.0742 e. The van der Waals surface area contributed by atoms with Crippen LogP contribution in [0.25, 0.3) is 0 Å². The number of aliphatic hydroxyl groups is 4. The summed E-state index contributed by atoms with van der Waals surface area (Å²) in [6.45, 7) is 1.70. The molecule has 1 aliphatic carbocycles. The molecule has 0 aromatic heterocycles. The molecule has 92 valence electrons. The van der Waals surface area contributed by atoms with Gasteiger partial charge in [0.2, 0.25) is 0 Å². The second-order valence-corrected chi connectivity index (χ2v) is 4.41. The minimum Gasteiger partial charge on any atom is -0.396 e. The van der Waals surface area contributed by atoms with Gasteiger partial charge in [-0.2, -0.15) is 0 Å². The Bertz CT molecular complexity index is 136. The average Bonchev–Trinajstić information content (AvgIpc) is 2.30. The second kappa shape index (κ2) is 8.05. The molecule has 1 unspecified atom stereocenters. The summed E-state index contributed by atoms with van der Waals surface area (Å²) in [5.74, 6) is 0. The van der Waals surface area contributed by atoms with Crippen LogP contribution in [0.5, 0.6) is 0 Å². The quantitative estimate of drug-likeness (QED) is 0.551. The van der Waals surface area contributed by atoms with Crippen LogP contribution in [-0.2, 0) is 0 Å². The maximum absolute atomic E-state index is 8.98. The van der Waals surface area contributed by atoms with E-state index in [0.29, 0.717) is 0 Å². The first-order valence-corrected chi connectivity index (χ1v) is 5.61. The molecule has 4 nitrogen and oxygen atoms in total. The Morgan fingerprint density at radius 3 is 1.60 bits per heavy atom. The fourth-order valence-corrected chi connectivity index (χ4v) is 1.67. The summed E-state index contributed by atoms with van der Waals surface area (Å²) in [6, 6.07) is 0. The lowest BCUT2D eigenvalue weighted by atomic mass is 9.75. The van der Waals surface area contributed by atoms with Gasteiger partial charge >= 0.3 is 0 Å². The van der Waals surface area contributed by atoms with Crippen molar-refractivity contribution in [3.8, 4) is 0 Å².